The van der Waals surface area contributed by atoms with Gasteiger partial charge in [0.25, 0.3) is 40.5 Å². The fourth-order valence-electron chi connectivity index (χ4n) is 8.41. The molecule has 0 aliphatic rings. The molecule has 0 amide bonds. The van der Waals surface area contributed by atoms with Gasteiger partial charge in [-0.1, -0.05) is 67.6 Å². The molecular formula is C42H30N8O12S4. The van der Waals surface area contributed by atoms with Crippen molar-refractivity contribution in [1.29, 1.82) is 0 Å². The van der Waals surface area contributed by atoms with E-state index in [0.717, 1.165) is 33.7 Å². The van der Waals surface area contributed by atoms with Gasteiger partial charge in [0, 0.05) is 16.2 Å². The summed E-state index contributed by atoms with van der Waals surface area (Å²) < 4.78 is 145. The van der Waals surface area contributed by atoms with E-state index in [1.807, 2.05) is 39.2 Å². The molecule has 0 fully saturated rings. The van der Waals surface area contributed by atoms with Crippen LogP contribution >= 0.6 is 0 Å². The standard InChI is InChI=1S/C42H30N8O12S4/c1-2-24-19-29(45-47-36-18-11-27-20-31(63(51,52)53)15-16-32(27)41(36)49(45)47)14-17-35(24)44-43-28-12-9-25(38(21-28)64(54,55)56)7-8-26-10-13-30(22-39(26)65(57,58)59)46-48-37-23-40(66(60,61)62)33-5-3-4-6-34(33)42(37)50(46)48/h3-23H,2H2,1H3,(H,51,52,53)(H,54,55,56)(H,57,58,59)(H,60,61,62)/b8-7-,44-43?. The largest absolute Gasteiger partial charge is 0.295 e. The van der Waals surface area contributed by atoms with Crippen molar-refractivity contribution in [2.24, 2.45) is 10.2 Å². The van der Waals surface area contributed by atoms with Gasteiger partial charge in [-0.2, -0.15) is 53.5 Å². The third kappa shape index (κ3) is 6.52. The van der Waals surface area contributed by atoms with Crippen LogP contribution in [0.25, 0.3) is 67.1 Å². The molecule has 24 heteroatoms. The molecule has 20 nitrogen and oxygen atoms in total. The summed E-state index contributed by atoms with van der Waals surface area (Å²) in [5.74, 6) is 0. The average molecular weight is 967 g/mol. The third-order valence-corrected chi connectivity index (χ3v) is 15.1. The molecule has 11 rings (SSSR count). The van der Waals surface area contributed by atoms with E-state index in [1.54, 1.807) is 47.1 Å². The minimum absolute atomic E-state index is 0.0340. The van der Waals surface area contributed by atoms with Crippen molar-refractivity contribution in [2.45, 2.75) is 32.9 Å². The predicted molar refractivity (Wildman–Crippen MR) is 241 cm³/mol. The number of aromatic nitrogens is 6. The number of rotatable bonds is 11. The summed E-state index contributed by atoms with van der Waals surface area (Å²) in [5.41, 5.74) is 5.13. The average Bonchev–Trinajstić information content (AvgIpc) is 4.12. The summed E-state index contributed by atoms with van der Waals surface area (Å²) in [6.45, 7) is 1.93. The lowest BCUT2D eigenvalue weighted by molar-refractivity contribution is 0.480. The van der Waals surface area contributed by atoms with Crippen LogP contribution < -0.4 is 0 Å². The summed E-state index contributed by atoms with van der Waals surface area (Å²) >= 11 is 0. The Kier molecular flexibility index (Phi) is 8.76. The molecule has 7 aromatic carbocycles. The van der Waals surface area contributed by atoms with Gasteiger partial charge >= 0.3 is 0 Å². The monoisotopic (exact) mass is 966 g/mol. The lowest BCUT2D eigenvalue weighted by atomic mass is 10.1. The van der Waals surface area contributed by atoms with Gasteiger partial charge in [-0.25, -0.2) is 0 Å². The van der Waals surface area contributed by atoms with Crippen molar-refractivity contribution in [1.82, 2.24) is 28.1 Å². The second-order valence-electron chi connectivity index (χ2n) is 15.4. The molecule has 4 aromatic heterocycles. The molecule has 0 aliphatic heterocycles. The smallest absolute Gasteiger partial charge is 0.282 e. The normalized spacial score (nSPS) is 13.7. The molecule has 66 heavy (non-hydrogen) atoms. The van der Waals surface area contributed by atoms with Crippen molar-refractivity contribution >= 4 is 108 Å². The number of nitrogens with zero attached hydrogens (tertiary/aromatic N) is 8. The van der Waals surface area contributed by atoms with Gasteiger partial charge in [-0.3, -0.25) is 18.2 Å². The van der Waals surface area contributed by atoms with Crippen LogP contribution in [0.4, 0.5) is 11.4 Å². The number of azo groups is 1. The Morgan fingerprint density at radius 3 is 1.74 bits per heavy atom. The minimum atomic E-state index is -4.88. The van der Waals surface area contributed by atoms with Crippen molar-refractivity contribution < 1.29 is 51.9 Å². The number of hydrogen-bond donors (Lipinski definition) is 4. The summed E-state index contributed by atoms with van der Waals surface area (Å²) in [5, 5.41) is 10.9. The first-order valence-electron chi connectivity index (χ1n) is 19.6. The Bertz CT molecular complexity index is 4400. The van der Waals surface area contributed by atoms with Gasteiger partial charge in [0.2, 0.25) is 0 Å². The van der Waals surface area contributed by atoms with Crippen molar-refractivity contribution in [2.75, 3.05) is 0 Å². The first-order valence-corrected chi connectivity index (χ1v) is 25.3. The lowest BCUT2D eigenvalue weighted by Gasteiger charge is -2.07. The maximum atomic E-state index is 12.7. The first-order chi connectivity index (χ1) is 31.2. The van der Waals surface area contributed by atoms with Crippen molar-refractivity contribution in [3.63, 3.8) is 0 Å². The lowest BCUT2D eigenvalue weighted by Crippen LogP contribution is -2.03. The quantitative estimate of drug-likeness (QED) is 0.0555. The number of hydrogen-bond acceptors (Lipinski definition) is 10. The second-order valence-corrected chi connectivity index (χ2v) is 21.0. The van der Waals surface area contributed by atoms with Gasteiger partial charge in [-0.05, 0) is 95.2 Å². The summed E-state index contributed by atoms with van der Waals surface area (Å²) in [6, 6.07) is 29.4. The van der Waals surface area contributed by atoms with E-state index >= 15 is 0 Å². The molecule has 0 saturated heterocycles. The Morgan fingerprint density at radius 1 is 0.500 bits per heavy atom. The number of fused-ring (bicyclic) bond motifs is 12. The van der Waals surface area contributed by atoms with E-state index in [4.69, 9.17) is 0 Å². The zero-order valence-electron chi connectivity index (χ0n) is 33.6. The van der Waals surface area contributed by atoms with Crippen molar-refractivity contribution in [3.05, 3.63) is 132 Å². The van der Waals surface area contributed by atoms with E-state index in [9.17, 15) is 51.9 Å². The van der Waals surface area contributed by atoms with Crippen molar-refractivity contribution in [3.8, 4) is 11.4 Å². The first kappa shape index (κ1) is 41.5. The molecule has 0 atom stereocenters. The van der Waals surface area contributed by atoms with Gasteiger partial charge in [0.15, 0.2) is 0 Å². The van der Waals surface area contributed by atoms with Gasteiger partial charge in [-0.15, -0.1) is 18.5 Å². The van der Waals surface area contributed by atoms with E-state index in [-0.39, 0.29) is 37.7 Å². The predicted octanol–water partition coefficient (Wildman–Crippen LogP) is 7.60. The van der Waals surface area contributed by atoms with Crippen LogP contribution in [0.15, 0.2) is 145 Å². The Hall–Kier alpha value is -7.16. The fourth-order valence-corrected chi connectivity index (χ4v) is 11.1. The molecule has 0 bridgehead atoms. The molecule has 4 N–H and O–H groups in total. The van der Waals surface area contributed by atoms with E-state index in [2.05, 4.69) is 10.2 Å². The van der Waals surface area contributed by atoms with Crippen LogP contribution in [0, 0.1) is 0 Å². The fraction of sp³-hybridized carbons (Fsp3) is 0.0476. The number of aryl methyl sites for hydroxylation is 1. The zero-order chi connectivity index (χ0) is 46.4. The maximum absolute atomic E-state index is 12.7. The summed E-state index contributed by atoms with van der Waals surface area (Å²) in [7, 11) is -18.7. The van der Waals surface area contributed by atoms with Gasteiger partial charge in [0.1, 0.15) is 36.8 Å². The Balaban J connectivity index is 0.879. The van der Waals surface area contributed by atoms with Gasteiger partial charge in [0.05, 0.1) is 27.6 Å². The topological polar surface area (TPSA) is 270 Å². The molecule has 334 valence electrons. The minimum Gasteiger partial charge on any atom is -0.282 e. The second kappa shape index (κ2) is 13.9. The summed E-state index contributed by atoms with van der Waals surface area (Å²) in [6.07, 6.45) is 3.05. The molecule has 0 radical (unpaired) electrons. The third-order valence-electron chi connectivity index (χ3n) is 11.5. The van der Waals surface area contributed by atoms with Crippen LogP contribution in [-0.2, 0) is 46.9 Å². The van der Waals surface area contributed by atoms with Crippen LogP contribution in [-0.4, -0.2) is 80.0 Å². The van der Waals surface area contributed by atoms with Crippen LogP contribution in [0.2, 0.25) is 0 Å². The highest BCUT2D eigenvalue weighted by Gasteiger charge is 2.31. The summed E-state index contributed by atoms with van der Waals surface area (Å²) in [4.78, 5) is 1.84. The number of benzene rings is 7. The molecule has 0 unspecified atom stereocenters. The van der Waals surface area contributed by atoms with E-state index < -0.39 is 50.3 Å². The highest BCUT2D eigenvalue weighted by atomic mass is 32.2. The molecule has 0 saturated carbocycles. The molecule has 11 aromatic rings. The van der Waals surface area contributed by atoms with E-state index in [0.29, 0.717) is 33.9 Å². The Labute approximate surface area is 372 Å². The van der Waals surface area contributed by atoms with Crippen LogP contribution in [0.1, 0.15) is 23.6 Å². The van der Waals surface area contributed by atoms with Crippen LogP contribution in [0.5, 0.6) is 0 Å². The maximum Gasteiger partial charge on any atom is 0.295 e. The van der Waals surface area contributed by atoms with E-state index in [1.165, 1.54) is 70.1 Å². The van der Waals surface area contributed by atoms with Crippen LogP contribution in [0.3, 0.4) is 0 Å². The highest BCUT2D eigenvalue weighted by molar-refractivity contribution is 7.86. The SMILES string of the molecule is CCc1cc(-n2n3c4ccc5cc(S(=O)(=O)O)ccc5c4n23)ccc1N=Nc1ccc(/C=C\c2ccc(-n3n4c5cc(S(=O)(=O)O)c6ccccc6c5n34)cc2S(=O)(=O)O)c(S(=O)(=O)O)c1. The molecular weight excluding hydrogens is 937 g/mol. The Morgan fingerprint density at radius 2 is 1.09 bits per heavy atom. The highest BCUT2D eigenvalue weighted by Crippen LogP contribution is 2.38. The molecule has 0 aliphatic carbocycles. The molecule has 0 spiro atoms. The zero-order valence-corrected chi connectivity index (χ0v) is 36.9. The van der Waals surface area contributed by atoms with Gasteiger partial charge < -0.3 is 0 Å². The molecule has 4 heterocycles.